The Kier molecular flexibility index (Phi) is 4.99. The molecule has 0 radical (unpaired) electrons. The Morgan fingerprint density at radius 3 is 1.50 bits per heavy atom. The van der Waals surface area contributed by atoms with Gasteiger partial charge in [-0.25, -0.2) is 0 Å². The van der Waals surface area contributed by atoms with E-state index in [1.807, 2.05) is 0 Å². The van der Waals surface area contributed by atoms with Gasteiger partial charge in [-0.3, -0.25) is 0 Å². The highest BCUT2D eigenvalue weighted by Gasteiger charge is 2.11. The first-order chi connectivity index (χ1) is 4.59. The molecule has 0 heterocycles. The van der Waals surface area contributed by atoms with Crippen molar-refractivity contribution in [2.45, 2.75) is 45.9 Å². The van der Waals surface area contributed by atoms with Crippen LogP contribution in [0.15, 0.2) is 11.9 Å². The lowest BCUT2D eigenvalue weighted by molar-refractivity contribution is 1.02. The van der Waals surface area contributed by atoms with Crippen LogP contribution in [-0.4, -0.2) is 11.3 Å². The summed E-state index contributed by atoms with van der Waals surface area (Å²) in [6.45, 7) is 11.4. The molecule has 0 aliphatic carbocycles. The average molecular weight is 158 g/mol. The SMILES string of the molecule is CC=CP(C(C)C)C(C)C. The number of hydrogen-bond acceptors (Lipinski definition) is 0. The lowest BCUT2D eigenvalue weighted by Crippen LogP contribution is -2.00. The van der Waals surface area contributed by atoms with Gasteiger partial charge in [-0.05, 0) is 18.2 Å². The second kappa shape index (κ2) is 4.91. The quantitative estimate of drug-likeness (QED) is 0.548. The maximum Gasteiger partial charge on any atom is -0.0229 e. The van der Waals surface area contributed by atoms with E-state index in [-0.39, 0.29) is 7.92 Å². The molecule has 0 aliphatic heterocycles. The van der Waals surface area contributed by atoms with Crippen LogP contribution in [0.25, 0.3) is 0 Å². The van der Waals surface area contributed by atoms with Crippen molar-refractivity contribution in [3.05, 3.63) is 11.9 Å². The molecule has 0 N–H and O–H groups in total. The standard InChI is InChI=1S/C9H19P/c1-6-7-10(8(2)3)9(4)5/h6-9H,1-5H3. The van der Waals surface area contributed by atoms with Gasteiger partial charge < -0.3 is 0 Å². The lowest BCUT2D eigenvalue weighted by Gasteiger charge is -2.21. The topological polar surface area (TPSA) is 0 Å². The summed E-state index contributed by atoms with van der Waals surface area (Å²) < 4.78 is 0. The van der Waals surface area contributed by atoms with E-state index in [0.29, 0.717) is 0 Å². The zero-order valence-corrected chi connectivity index (χ0v) is 8.65. The van der Waals surface area contributed by atoms with Crippen LogP contribution >= 0.6 is 7.92 Å². The molecule has 0 aliphatic rings. The van der Waals surface area contributed by atoms with Gasteiger partial charge in [0, 0.05) is 0 Å². The molecule has 1 heteroatoms. The van der Waals surface area contributed by atoms with E-state index < -0.39 is 0 Å². The predicted octanol–water partition coefficient (Wildman–Crippen LogP) is 3.82. The highest BCUT2D eigenvalue weighted by Crippen LogP contribution is 2.46. The molecule has 0 aromatic heterocycles. The largest absolute Gasteiger partial charge is 0.0872 e. The molecule has 0 aromatic carbocycles. The summed E-state index contributed by atoms with van der Waals surface area (Å²) in [6.07, 6.45) is 2.19. The summed E-state index contributed by atoms with van der Waals surface area (Å²) in [5.74, 6) is 2.38. The van der Waals surface area contributed by atoms with Crippen LogP contribution in [0.1, 0.15) is 34.6 Å². The first-order valence-electron chi connectivity index (χ1n) is 3.99. The van der Waals surface area contributed by atoms with Crippen molar-refractivity contribution >= 4 is 7.92 Å². The van der Waals surface area contributed by atoms with E-state index in [1.54, 1.807) is 0 Å². The first kappa shape index (κ1) is 10.2. The summed E-state index contributed by atoms with van der Waals surface area (Å²) in [4.78, 5) is 0. The van der Waals surface area contributed by atoms with E-state index in [4.69, 9.17) is 0 Å². The van der Waals surface area contributed by atoms with Gasteiger partial charge in [0.2, 0.25) is 0 Å². The van der Waals surface area contributed by atoms with E-state index in [2.05, 4.69) is 46.5 Å². The van der Waals surface area contributed by atoms with Crippen molar-refractivity contribution in [2.75, 3.05) is 0 Å². The van der Waals surface area contributed by atoms with Crippen LogP contribution < -0.4 is 0 Å². The van der Waals surface area contributed by atoms with Crippen molar-refractivity contribution in [3.63, 3.8) is 0 Å². The van der Waals surface area contributed by atoms with Crippen LogP contribution in [0.3, 0.4) is 0 Å². The Hall–Kier alpha value is 0.170. The monoisotopic (exact) mass is 158 g/mol. The summed E-state index contributed by atoms with van der Waals surface area (Å²) in [6, 6.07) is 0. The minimum Gasteiger partial charge on any atom is -0.0872 e. The summed E-state index contributed by atoms with van der Waals surface area (Å²) >= 11 is 0. The third kappa shape index (κ3) is 3.37. The van der Waals surface area contributed by atoms with Crippen LogP contribution in [-0.2, 0) is 0 Å². The molecule has 0 saturated heterocycles. The highest BCUT2D eigenvalue weighted by molar-refractivity contribution is 7.62. The molecular weight excluding hydrogens is 139 g/mol. The van der Waals surface area contributed by atoms with E-state index in [0.717, 1.165) is 11.3 Å². The van der Waals surface area contributed by atoms with E-state index >= 15 is 0 Å². The molecule has 0 bridgehead atoms. The zero-order chi connectivity index (χ0) is 8.15. The Morgan fingerprint density at radius 1 is 1.00 bits per heavy atom. The molecule has 10 heavy (non-hydrogen) atoms. The maximum absolute atomic E-state index is 2.38. The molecule has 0 nitrogen and oxygen atoms in total. The first-order valence-corrected chi connectivity index (χ1v) is 5.54. The fourth-order valence-corrected chi connectivity index (χ4v) is 3.34. The molecule has 0 aromatic rings. The Labute approximate surface area is 66.5 Å². The molecule has 0 amide bonds. The minimum absolute atomic E-state index is 0.141. The molecular formula is C9H19P. The van der Waals surface area contributed by atoms with Crippen molar-refractivity contribution in [2.24, 2.45) is 0 Å². The van der Waals surface area contributed by atoms with Gasteiger partial charge in [0.25, 0.3) is 0 Å². The zero-order valence-electron chi connectivity index (χ0n) is 7.76. The smallest absolute Gasteiger partial charge is 0.0229 e. The molecule has 0 saturated carbocycles. The molecule has 0 unspecified atom stereocenters. The summed E-state index contributed by atoms with van der Waals surface area (Å²) in [5, 5.41) is 0. The Bertz CT molecular complexity index is 95.3. The van der Waals surface area contributed by atoms with Crippen molar-refractivity contribution in [1.29, 1.82) is 0 Å². The Morgan fingerprint density at radius 2 is 1.40 bits per heavy atom. The normalized spacial score (nSPS) is 12.8. The number of hydrogen-bond donors (Lipinski definition) is 0. The third-order valence-electron chi connectivity index (χ3n) is 1.51. The average Bonchev–Trinajstić information content (AvgIpc) is 1.81. The van der Waals surface area contributed by atoms with Crippen LogP contribution in [0, 0.1) is 0 Å². The summed E-state index contributed by atoms with van der Waals surface area (Å²) in [5.41, 5.74) is 1.68. The van der Waals surface area contributed by atoms with Gasteiger partial charge in [0.1, 0.15) is 0 Å². The second-order valence-corrected chi connectivity index (χ2v) is 6.38. The van der Waals surface area contributed by atoms with Gasteiger partial charge >= 0.3 is 0 Å². The predicted molar refractivity (Wildman–Crippen MR) is 52.0 cm³/mol. The molecule has 0 rings (SSSR count). The summed E-state index contributed by atoms with van der Waals surface area (Å²) in [7, 11) is 0.141. The fraction of sp³-hybridized carbons (Fsp3) is 0.778. The Balaban J connectivity index is 3.98. The number of allylic oxidation sites excluding steroid dienone is 1. The fourth-order valence-electron chi connectivity index (χ4n) is 1.11. The van der Waals surface area contributed by atoms with Gasteiger partial charge in [-0.15, -0.1) is 0 Å². The lowest BCUT2D eigenvalue weighted by atomic mass is 10.5. The minimum atomic E-state index is 0.141. The maximum atomic E-state index is 2.38. The molecule has 0 atom stereocenters. The molecule has 0 fully saturated rings. The van der Waals surface area contributed by atoms with E-state index in [9.17, 15) is 0 Å². The van der Waals surface area contributed by atoms with Crippen LogP contribution in [0.2, 0.25) is 0 Å². The molecule has 60 valence electrons. The van der Waals surface area contributed by atoms with Gasteiger partial charge in [0.15, 0.2) is 0 Å². The highest BCUT2D eigenvalue weighted by atomic mass is 31.1. The van der Waals surface area contributed by atoms with Crippen molar-refractivity contribution in [3.8, 4) is 0 Å². The third-order valence-corrected chi connectivity index (χ3v) is 4.54. The van der Waals surface area contributed by atoms with Crippen molar-refractivity contribution < 1.29 is 0 Å². The molecule has 0 spiro atoms. The van der Waals surface area contributed by atoms with Crippen LogP contribution in [0.4, 0.5) is 0 Å². The van der Waals surface area contributed by atoms with Gasteiger partial charge in [-0.1, -0.05) is 47.5 Å². The number of rotatable bonds is 3. The van der Waals surface area contributed by atoms with Gasteiger partial charge in [0.05, 0.1) is 0 Å². The second-order valence-electron chi connectivity index (χ2n) is 3.12. The van der Waals surface area contributed by atoms with Crippen LogP contribution in [0.5, 0.6) is 0 Å². The van der Waals surface area contributed by atoms with Gasteiger partial charge in [-0.2, -0.15) is 0 Å². The van der Waals surface area contributed by atoms with E-state index in [1.165, 1.54) is 0 Å². The van der Waals surface area contributed by atoms with Crippen molar-refractivity contribution in [1.82, 2.24) is 0 Å².